The monoisotopic (exact) mass is 1410 g/mol. The molecule has 2 saturated heterocycles. The Labute approximate surface area is 579 Å². The maximum Gasteiger partial charge on any atom is 0.330 e. The molecule has 2 aromatic heterocycles. The first kappa shape index (κ1) is 86.0. The lowest BCUT2D eigenvalue weighted by atomic mass is 10.1. The Morgan fingerprint density at radius 2 is 1.07 bits per heavy atom. The molecule has 0 bridgehead atoms. The van der Waals surface area contributed by atoms with Crippen LogP contribution in [0.3, 0.4) is 0 Å². The smallest absolute Gasteiger partial charge is 0.330 e. The summed E-state index contributed by atoms with van der Waals surface area (Å²) in [6, 6.07) is 25.3. The van der Waals surface area contributed by atoms with Gasteiger partial charge in [0.1, 0.15) is 66.7 Å². The van der Waals surface area contributed by atoms with Gasteiger partial charge in [0.15, 0.2) is 5.96 Å². The second-order valence-electron chi connectivity index (χ2n) is 22.2. The average molecular weight is 1410 g/mol. The minimum absolute atomic E-state index is 0.0129. The molecule has 36 heteroatoms. The molecule has 2 fully saturated rings. The quantitative estimate of drug-likeness (QED) is 0.00614. The number of carbonyl (C=O) groups is 11. The SMILES string of the molecule is NC(N)=NCCC[C@H](N)C(=O)O.NCC(N)=O.N[C@@H](Cc1c[nH]c2ccccc12)C(=O)O.N[C@@H](Cc1ccc(OC(=O)[C@@H](N)Cc2ccccc2)cc1)C(=O)OC(=O)[C@@H](N)Cc1cnc[nH]1.N[C@H](Cc1ccccc1)C(=O)OC[C@H](N)C(=O)O.O=C(O)[C@@H]1CCCN1.O=C1CC[C@@H](C(=O)O)N1. The van der Waals surface area contributed by atoms with Crippen LogP contribution in [0.25, 0.3) is 10.9 Å². The molecule has 101 heavy (non-hydrogen) atoms. The van der Waals surface area contributed by atoms with Crippen molar-refractivity contribution >= 4 is 82.4 Å². The van der Waals surface area contributed by atoms with Crippen molar-refractivity contribution in [1.29, 1.82) is 0 Å². The molecular weight excluding hydrogens is 1320 g/mol. The Hall–Kier alpha value is -11.1. The number of aromatic nitrogens is 3. The zero-order valence-electron chi connectivity index (χ0n) is 55.1. The summed E-state index contributed by atoms with van der Waals surface area (Å²) in [5, 5.41) is 48.5. The predicted octanol–water partition coefficient (Wildman–Crippen LogP) is -2.92. The molecule has 0 spiro atoms. The molecule has 0 aliphatic carbocycles. The first-order valence-corrected chi connectivity index (χ1v) is 31.1. The zero-order valence-corrected chi connectivity index (χ0v) is 55.1. The van der Waals surface area contributed by atoms with Crippen LogP contribution in [0.15, 0.2) is 133 Å². The van der Waals surface area contributed by atoms with Crippen LogP contribution < -0.4 is 78.4 Å². The fourth-order valence-electron chi connectivity index (χ4n) is 8.40. The third kappa shape index (κ3) is 36.4. The first-order chi connectivity index (χ1) is 47.8. The molecular formula is C65H91N17O19. The van der Waals surface area contributed by atoms with Gasteiger partial charge in [-0.25, -0.2) is 24.2 Å². The molecule has 0 saturated carbocycles. The van der Waals surface area contributed by atoms with Gasteiger partial charge >= 0.3 is 53.7 Å². The summed E-state index contributed by atoms with van der Waals surface area (Å²) in [5.41, 5.74) is 63.6. The first-order valence-electron chi connectivity index (χ1n) is 31.1. The van der Waals surface area contributed by atoms with Gasteiger partial charge in [0.05, 0.1) is 12.9 Å². The van der Waals surface area contributed by atoms with Crippen LogP contribution in [0.4, 0.5) is 0 Å². The van der Waals surface area contributed by atoms with E-state index >= 15 is 0 Å². The number of imidazole rings is 1. The number of aliphatic carboxylic acids is 5. The van der Waals surface area contributed by atoms with Gasteiger partial charge in [-0.15, -0.1) is 0 Å². The van der Waals surface area contributed by atoms with Crippen molar-refractivity contribution in [2.24, 2.45) is 68.1 Å². The molecule has 4 heterocycles. The van der Waals surface area contributed by atoms with Crippen molar-refractivity contribution < 1.29 is 92.5 Å². The number of nitrogens with zero attached hydrogens (tertiary/aromatic N) is 2. The van der Waals surface area contributed by atoms with E-state index in [1.54, 1.807) is 24.3 Å². The van der Waals surface area contributed by atoms with Crippen molar-refractivity contribution in [3.05, 3.63) is 156 Å². The van der Waals surface area contributed by atoms with E-state index in [9.17, 15) is 52.7 Å². The van der Waals surface area contributed by atoms with Crippen LogP contribution >= 0.6 is 0 Å². The summed E-state index contributed by atoms with van der Waals surface area (Å²) < 4.78 is 14.9. The minimum Gasteiger partial charge on any atom is -0.480 e. The summed E-state index contributed by atoms with van der Waals surface area (Å²) in [6.07, 6.45) is 9.61. The Morgan fingerprint density at radius 1 is 0.564 bits per heavy atom. The number of nitrogens with two attached hydrogens (primary N) is 11. The third-order valence-electron chi connectivity index (χ3n) is 13.9. The number of aromatic amines is 2. The number of esters is 4. The number of hydrogen-bond donors (Lipinski definition) is 20. The van der Waals surface area contributed by atoms with E-state index in [2.05, 4.69) is 36.3 Å². The number of para-hydroxylation sites is 1. The number of amides is 2. The maximum absolute atomic E-state index is 12.3. The predicted molar refractivity (Wildman–Crippen MR) is 367 cm³/mol. The second-order valence-corrected chi connectivity index (χ2v) is 22.2. The van der Waals surface area contributed by atoms with Gasteiger partial charge < -0.3 is 123 Å². The van der Waals surface area contributed by atoms with E-state index in [0.717, 1.165) is 47.0 Å². The number of carboxylic acids is 5. The molecule has 2 aliphatic heterocycles. The Morgan fingerprint density at radius 3 is 1.51 bits per heavy atom. The van der Waals surface area contributed by atoms with Gasteiger partial charge in [-0.1, -0.05) is 91.0 Å². The van der Waals surface area contributed by atoms with Crippen molar-refractivity contribution in [1.82, 2.24) is 25.6 Å². The van der Waals surface area contributed by atoms with Crippen molar-refractivity contribution in [2.45, 2.75) is 125 Å². The highest BCUT2D eigenvalue weighted by atomic mass is 16.6. The second kappa shape index (κ2) is 47.0. The van der Waals surface area contributed by atoms with Crippen LogP contribution in [-0.4, -0.2) is 193 Å². The lowest BCUT2D eigenvalue weighted by Gasteiger charge is -2.14. The number of benzene rings is 4. The van der Waals surface area contributed by atoms with Crippen molar-refractivity contribution in [2.75, 3.05) is 26.2 Å². The number of hydrogen-bond acceptors (Lipinski definition) is 25. The summed E-state index contributed by atoms with van der Waals surface area (Å²) in [5.74, 6) is -8.13. The minimum atomic E-state index is -1.22. The van der Waals surface area contributed by atoms with Gasteiger partial charge in [0, 0.05) is 54.8 Å². The number of H-pyrrole nitrogens is 2. The molecule has 6 aromatic rings. The summed E-state index contributed by atoms with van der Waals surface area (Å²) in [4.78, 5) is 133. The largest absolute Gasteiger partial charge is 0.480 e. The Bertz CT molecular complexity index is 3580. The topological polar surface area (TPSA) is 684 Å². The third-order valence-corrected chi connectivity index (χ3v) is 13.9. The van der Waals surface area contributed by atoms with E-state index in [1.165, 1.54) is 12.5 Å². The molecule has 8 rings (SSSR count). The van der Waals surface area contributed by atoms with Gasteiger partial charge in [0.2, 0.25) is 11.8 Å². The van der Waals surface area contributed by atoms with E-state index in [1.807, 2.05) is 91.1 Å². The molecule has 2 amide bonds. The molecule has 2 aliphatic rings. The number of nitrogens with one attached hydrogen (secondary N) is 4. The summed E-state index contributed by atoms with van der Waals surface area (Å²) in [6.45, 7) is 0.844. The average Bonchev–Trinajstić information content (AvgIpc) is 1.71. The number of aliphatic imine (C=N–C) groups is 1. The molecule has 0 radical (unpaired) electrons. The van der Waals surface area contributed by atoms with Crippen LogP contribution in [0, 0.1) is 0 Å². The van der Waals surface area contributed by atoms with Gasteiger partial charge in [-0.3, -0.25) is 38.6 Å². The highest BCUT2D eigenvalue weighted by Crippen LogP contribution is 2.19. The summed E-state index contributed by atoms with van der Waals surface area (Å²) >= 11 is 0. The molecule has 550 valence electrons. The van der Waals surface area contributed by atoms with Crippen LogP contribution in [-0.2, 0) is 94.3 Å². The van der Waals surface area contributed by atoms with Crippen LogP contribution in [0.2, 0.25) is 0 Å². The van der Waals surface area contributed by atoms with Gasteiger partial charge in [0.25, 0.3) is 0 Å². The Kier molecular flexibility index (Phi) is 40.0. The molecule has 9 atom stereocenters. The highest BCUT2D eigenvalue weighted by molar-refractivity contribution is 5.91. The van der Waals surface area contributed by atoms with E-state index in [0.29, 0.717) is 68.5 Å². The number of carbonyl (C=O) groups excluding carboxylic acids is 6. The molecule has 31 N–H and O–H groups in total. The lowest BCUT2D eigenvalue weighted by Crippen LogP contribution is -2.41. The maximum atomic E-state index is 12.3. The fraction of sp³-hybridized carbons (Fsp3) is 0.369. The number of fused-ring (bicyclic) bond motifs is 1. The Balaban J connectivity index is 0.000000438. The number of ether oxygens (including phenoxy) is 3. The van der Waals surface area contributed by atoms with E-state index in [4.69, 9.17) is 97.1 Å². The number of rotatable bonds is 27. The standard InChI is InChI=1S/C24H27N5O5.C12H16N2O4.C11H12N2O2.C6H14N4O2.C5H7NO3.C5H9NO2.C2H6N2O/c25-19(10-15-4-2-1-3-5-15)22(30)33-18-8-6-16(7-9-18)11-20(26)23(31)34-24(32)21(27)12-17-13-28-14-29-17;13-9(6-8-4-2-1-3-5-8)12(17)18-7-10(14)11(15)16;12-9(11(14)15)5-7-6-13-10-4-2-1-3-8(7)10;7-4(5(11)12)2-1-3-10-6(8)9;7-4-2-1-3(6-4)5(8)9;7-5(8)4-2-1-3-6-4;3-1-2(4)5/h1-9,13-14,19-21H,10-12,25-27H2,(H,28,29);1-5,9-10H,6-7,13-14H2,(H,15,16);1-4,6,9,13H,5,12H2,(H,14,15);4H,1-3,7H2,(H,11,12)(H4,8,9,10);3H,1-2H2,(H,6,7)(H,8,9);4,6H,1-3H2,(H,7,8);1,3H2,(H2,4,5)/t19-,20-,21-;9-,10+;9-;4-;3-;4-;/m010000./s1. The van der Waals surface area contributed by atoms with Gasteiger partial charge in [-0.2, -0.15) is 0 Å². The zero-order chi connectivity index (χ0) is 75.6. The number of carboxylic acid groups (broad SMARTS) is 5. The van der Waals surface area contributed by atoms with Crippen LogP contribution in [0.5, 0.6) is 5.75 Å². The molecule has 0 unspecified atom stereocenters. The van der Waals surface area contributed by atoms with Crippen molar-refractivity contribution in [3.63, 3.8) is 0 Å². The van der Waals surface area contributed by atoms with E-state index in [-0.39, 0.29) is 43.9 Å². The lowest BCUT2D eigenvalue weighted by molar-refractivity contribution is -0.162. The normalized spacial score (nSPS) is 15.2. The van der Waals surface area contributed by atoms with Gasteiger partial charge in [-0.05, 0) is 98.4 Å². The highest BCUT2D eigenvalue weighted by Gasteiger charge is 2.27. The molecule has 36 nitrogen and oxygen atoms in total. The van der Waals surface area contributed by atoms with Crippen LogP contribution in [0.1, 0.15) is 66.5 Å². The summed E-state index contributed by atoms with van der Waals surface area (Å²) in [7, 11) is 0. The fourth-order valence-corrected chi connectivity index (χ4v) is 8.40. The van der Waals surface area contributed by atoms with E-state index < -0.39 is 108 Å². The van der Waals surface area contributed by atoms with Crippen molar-refractivity contribution in [3.8, 4) is 5.75 Å². The molecule has 4 aromatic carbocycles. The number of guanidine groups is 1. The number of primary amides is 1.